The highest BCUT2D eigenvalue weighted by Gasteiger charge is 2.13. The predicted octanol–water partition coefficient (Wildman–Crippen LogP) is 1.49. The van der Waals surface area contributed by atoms with Crippen LogP contribution in [0, 0.1) is 0 Å². The van der Waals surface area contributed by atoms with Crippen LogP contribution in [0.4, 0.5) is 5.69 Å². The van der Waals surface area contributed by atoms with E-state index in [4.69, 9.17) is 0 Å². The third kappa shape index (κ3) is 4.23. The van der Waals surface area contributed by atoms with Crippen LogP contribution < -0.4 is 4.31 Å². The minimum atomic E-state index is -3.25. The summed E-state index contributed by atoms with van der Waals surface area (Å²) in [5.41, 5.74) is 1.47. The molecule has 20 heavy (non-hydrogen) atoms. The zero-order valence-corrected chi connectivity index (χ0v) is 13.3. The van der Waals surface area contributed by atoms with Crippen LogP contribution in [-0.2, 0) is 21.2 Å². The molecule has 6 heteroatoms. The van der Waals surface area contributed by atoms with Crippen molar-refractivity contribution in [3.05, 3.63) is 29.8 Å². The SMILES string of the molecule is CCN(CC)C(=O)Cc1ccc(N(C)S(C)(=O)=O)cc1. The lowest BCUT2D eigenvalue weighted by Crippen LogP contribution is -2.31. The number of hydrogen-bond donors (Lipinski definition) is 0. The molecule has 0 bridgehead atoms. The van der Waals surface area contributed by atoms with E-state index < -0.39 is 10.0 Å². The van der Waals surface area contributed by atoms with Crippen molar-refractivity contribution in [1.29, 1.82) is 0 Å². The lowest BCUT2D eigenvalue weighted by Gasteiger charge is -2.19. The van der Waals surface area contributed by atoms with Gasteiger partial charge in [0.15, 0.2) is 0 Å². The summed E-state index contributed by atoms with van der Waals surface area (Å²) < 4.78 is 24.1. The first-order valence-electron chi connectivity index (χ1n) is 6.60. The van der Waals surface area contributed by atoms with Crippen LogP contribution in [0.3, 0.4) is 0 Å². The molecule has 0 heterocycles. The maximum absolute atomic E-state index is 12.0. The zero-order chi connectivity index (χ0) is 15.3. The number of carbonyl (C=O) groups is 1. The van der Waals surface area contributed by atoms with E-state index in [1.165, 1.54) is 11.4 Å². The number of sulfonamides is 1. The molecule has 0 N–H and O–H groups in total. The first-order chi connectivity index (χ1) is 9.29. The van der Waals surface area contributed by atoms with E-state index >= 15 is 0 Å². The van der Waals surface area contributed by atoms with Gasteiger partial charge >= 0.3 is 0 Å². The van der Waals surface area contributed by atoms with E-state index in [-0.39, 0.29) is 5.91 Å². The summed E-state index contributed by atoms with van der Waals surface area (Å²) >= 11 is 0. The van der Waals surface area contributed by atoms with Crippen LogP contribution >= 0.6 is 0 Å². The molecule has 0 fully saturated rings. The molecular formula is C14H22N2O3S. The summed E-state index contributed by atoms with van der Waals surface area (Å²) in [5, 5.41) is 0. The van der Waals surface area contributed by atoms with Gasteiger partial charge in [-0.2, -0.15) is 0 Å². The molecule has 0 radical (unpaired) electrons. The van der Waals surface area contributed by atoms with Crippen molar-refractivity contribution in [1.82, 2.24) is 4.90 Å². The summed E-state index contributed by atoms with van der Waals surface area (Å²) in [4.78, 5) is 13.7. The van der Waals surface area contributed by atoms with E-state index in [1.54, 1.807) is 29.2 Å². The third-order valence-corrected chi connectivity index (χ3v) is 4.47. The molecule has 112 valence electrons. The van der Waals surface area contributed by atoms with Gasteiger partial charge in [-0.15, -0.1) is 0 Å². The standard InChI is InChI=1S/C14H22N2O3S/c1-5-16(6-2)14(17)11-12-7-9-13(10-8-12)15(3)20(4,18)19/h7-10H,5-6,11H2,1-4H3. The summed E-state index contributed by atoms with van der Waals surface area (Å²) in [6.45, 7) is 5.30. The molecule has 0 aliphatic heterocycles. The maximum Gasteiger partial charge on any atom is 0.231 e. The molecule has 1 rings (SSSR count). The Kier molecular flexibility index (Phi) is 5.56. The number of rotatable bonds is 6. The quantitative estimate of drug-likeness (QED) is 0.799. The van der Waals surface area contributed by atoms with E-state index in [0.717, 1.165) is 11.8 Å². The molecule has 0 aromatic heterocycles. The van der Waals surface area contributed by atoms with Crippen molar-refractivity contribution in [2.45, 2.75) is 20.3 Å². The number of carbonyl (C=O) groups excluding carboxylic acids is 1. The number of anilines is 1. The summed E-state index contributed by atoms with van der Waals surface area (Å²) in [6, 6.07) is 7.01. The van der Waals surface area contributed by atoms with Gasteiger partial charge in [0, 0.05) is 20.1 Å². The zero-order valence-electron chi connectivity index (χ0n) is 12.5. The highest BCUT2D eigenvalue weighted by atomic mass is 32.2. The molecule has 0 atom stereocenters. The molecule has 0 unspecified atom stereocenters. The Hall–Kier alpha value is -1.56. The largest absolute Gasteiger partial charge is 0.343 e. The lowest BCUT2D eigenvalue weighted by atomic mass is 10.1. The van der Waals surface area contributed by atoms with E-state index in [0.29, 0.717) is 25.2 Å². The topological polar surface area (TPSA) is 57.7 Å². The van der Waals surface area contributed by atoms with Crippen molar-refractivity contribution >= 4 is 21.6 Å². The minimum Gasteiger partial charge on any atom is -0.343 e. The number of likely N-dealkylation sites (N-methyl/N-ethyl adjacent to an activating group) is 1. The third-order valence-electron chi connectivity index (χ3n) is 3.27. The minimum absolute atomic E-state index is 0.0826. The fourth-order valence-corrected chi connectivity index (χ4v) is 2.38. The first kappa shape index (κ1) is 16.5. The van der Waals surface area contributed by atoms with Gasteiger partial charge in [0.05, 0.1) is 18.4 Å². The number of amides is 1. The van der Waals surface area contributed by atoms with Crippen molar-refractivity contribution in [3.8, 4) is 0 Å². The van der Waals surface area contributed by atoms with Crippen molar-refractivity contribution < 1.29 is 13.2 Å². The first-order valence-corrected chi connectivity index (χ1v) is 8.45. The Labute approximate surface area is 121 Å². The molecule has 0 saturated carbocycles. The Morgan fingerprint density at radius 2 is 1.60 bits per heavy atom. The molecule has 5 nitrogen and oxygen atoms in total. The van der Waals surface area contributed by atoms with Gasteiger partial charge in [-0.1, -0.05) is 12.1 Å². The Morgan fingerprint density at radius 1 is 1.10 bits per heavy atom. The molecule has 1 amide bonds. The molecule has 1 aromatic rings. The van der Waals surface area contributed by atoms with Crippen LogP contribution in [0.1, 0.15) is 19.4 Å². The second-order valence-corrected chi connectivity index (χ2v) is 6.65. The highest BCUT2D eigenvalue weighted by Crippen LogP contribution is 2.16. The van der Waals surface area contributed by atoms with Gasteiger partial charge in [-0.3, -0.25) is 9.10 Å². The van der Waals surface area contributed by atoms with E-state index in [9.17, 15) is 13.2 Å². The van der Waals surface area contributed by atoms with Gasteiger partial charge < -0.3 is 4.90 Å². The maximum atomic E-state index is 12.0. The van der Waals surface area contributed by atoms with Gasteiger partial charge in [0.1, 0.15) is 0 Å². The van der Waals surface area contributed by atoms with E-state index in [1.807, 2.05) is 13.8 Å². The van der Waals surface area contributed by atoms with Gasteiger partial charge in [0.25, 0.3) is 0 Å². The van der Waals surface area contributed by atoms with Gasteiger partial charge in [-0.05, 0) is 31.5 Å². The lowest BCUT2D eigenvalue weighted by molar-refractivity contribution is -0.130. The van der Waals surface area contributed by atoms with Crippen LogP contribution in [-0.4, -0.2) is 45.6 Å². The summed E-state index contributed by atoms with van der Waals surface area (Å²) in [6.07, 6.45) is 1.50. The summed E-state index contributed by atoms with van der Waals surface area (Å²) in [7, 11) is -1.75. The average Bonchev–Trinajstić information content (AvgIpc) is 2.39. The van der Waals surface area contributed by atoms with E-state index in [2.05, 4.69) is 0 Å². The number of nitrogens with zero attached hydrogens (tertiary/aromatic N) is 2. The molecular weight excluding hydrogens is 276 g/mol. The number of hydrogen-bond acceptors (Lipinski definition) is 3. The monoisotopic (exact) mass is 298 g/mol. The average molecular weight is 298 g/mol. The second-order valence-electron chi connectivity index (χ2n) is 4.64. The molecule has 0 spiro atoms. The fourth-order valence-electron chi connectivity index (χ4n) is 1.88. The van der Waals surface area contributed by atoms with Gasteiger partial charge in [-0.25, -0.2) is 8.42 Å². The fraction of sp³-hybridized carbons (Fsp3) is 0.500. The Bertz CT molecular complexity index is 548. The Morgan fingerprint density at radius 3 is 2.00 bits per heavy atom. The van der Waals surface area contributed by atoms with Crippen LogP contribution in [0.25, 0.3) is 0 Å². The molecule has 0 aliphatic rings. The second kappa shape index (κ2) is 6.74. The predicted molar refractivity (Wildman–Crippen MR) is 81.3 cm³/mol. The highest BCUT2D eigenvalue weighted by molar-refractivity contribution is 7.92. The molecule has 1 aromatic carbocycles. The summed E-state index contributed by atoms with van der Waals surface area (Å²) in [5.74, 6) is 0.0826. The van der Waals surface area contributed by atoms with Crippen molar-refractivity contribution in [2.75, 3.05) is 30.7 Å². The Balaban J connectivity index is 2.80. The molecule has 0 saturated heterocycles. The van der Waals surface area contributed by atoms with Crippen LogP contribution in [0.2, 0.25) is 0 Å². The molecule has 0 aliphatic carbocycles. The normalized spacial score (nSPS) is 11.2. The smallest absolute Gasteiger partial charge is 0.231 e. The number of benzene rings is 1. The van der Waals surface area contributed by atoms with Crippen molar-refractivity contribution in [3.63, 3.8) is 0 Å². The van der Waals surface area contributed by atoms with Crippen LogP contribution in [0.15, 0.2) is 24.3 Å². The van der Waals surface area contributed by atoms with Crippen molar-refractivity contribution in [2.24, 2.45) is 0 Å². The van der Waals surface area contributed by atoms with Gasteiger partial charge in [0.2, 0.25) is 15.9 Å². The van der Waals surface area contributed by atoms with Crippen LogP contribution in [0.5, 0.6) is 0 Å².